The molecule has 0 bridgehead atoms. The number of amides is 1. The van der Waals surface area contributed by atoms with E-state index in [1.54, 1.807) is 6.92 Å². The first-order valence-electron chi connectivity index (χ1n) is 6.97. The van der Waals surface area contributed by atoms with Crippen molar-refractivity contribution in [1.82, 2.24) is 10.6 Å². The van der Waals surface area contributed by atoms with Crippen LogP contribution < -0.4 is 20.1 Å². The van der Waals surface area contributed by atoms with Crippen molar-refractivity contribution in [3.63, 3.8) is 0 Å². The maximum absolute atomic E-state index is 12.1. The molecule has 1 aromatic carbocycles. The first-order valence-corrected chi connectivity index (χ1v) is 6.97. The first-order chi connectivity index (χ1) is 10.5. The van der Waals surface area contributed by atoms with Crippen molar-refractivity contribution in [2.75, 3.05) is 33.9 Å². The van der Waals surface area contributed by atoms with E-state index in [9.17, 15) is 14.9 Å². The zero-order chi connectivity index (χ0) is 16.5. The highest BCUT2D eigenvalue weighted by Gasteiger charge is 2.24. The summed E-state index contributed by atoms with van der Waals surface area (Å²) in [6.07, 6.45) is 0.726. The van der Waals surface area contributed by atoms with Gasteiger partial charge in [-0.1, -0.05) is 0 Å². The number of methoxy groups -OCH3 is 1. The second kappa shape index (κ2) is 10.6. The molecule has 9 heteroatoms. The summed E-state index contributed by atoms with van der Waals surface area (Å²) in [5, 5.41) is 16.8. The summed E-state index contributed by atoms with van der Waals surface area (Å²) in [5.41, 5.74) is -0.356. The molecule has 0 aliphatic heterocycles. The van der Waals surface area contributed by atoms with Gasteiger partial charge in [-0.05, 0) is 26.9 Å². The van der Waals surface area contributed by atoms with Gasteiger partial charge in [-0.3, -0.25) is 14.9 Å². The number of nitro groups is 1. The highest BCUT2D eigenvalue weighted by Crippen LogP contribution is 2.34. The summed E-state index contributed by atoms with van der Waals surface area (Å²) in [4.78, 5) is 22.7. The monoisotopic (exact) mass is 347 g/mol. The van der Waals surface area contributed by atoms with Crippen LogP contribution in [0, 0.1) is 10.1 Å². The second-order valence-corrected chi connectivity index (χ2v) is 4.42. The predicted molar refractivity (Wildman–Crippen MR) is 88.9 cm³/mol. The second-order valence-electron chi connectivity index (χ2n) is 4.42. The van der Waals surface area contributed by atoms with E-state index in [0.717, 1.165) is 13.0 Å². The number of halogens is 1. The Morgan fingerprint density at radius 2 is 2.00 bits per heavy atom. The van der Waals surface area contributed by atoms with E-state index in [1.807, 2.05) is 7.05 Å². The molecule has 23 heavy (non-hydrogen) atoms. The van der Waals surface area contributed by atoms with E-state index in [-0.39, 0.29) is 35.2 Å². The molecule has 1 rings (SSSR count). The lowest BCUT2D eigenvalue weighted by molar-refractivity contribution is -0.385. The SMILES string of the molecule is CCOc1cc([N+](=O)[O-])c(C(=O)NCCCNC)cc1OC.Cl. The van der Waals surface area contributed by atoms with Crippen LogP contribution in [0.4, 0.5) is 5.69 Å². The van der Waals surface area contributed by atoms with Gasteiger partial charge in [0.25, 0.3) is 11.6 Å². The van der Waals surface area contributed by atoms with Gasteiger partial charge in [0.2, 0.25) is 0 Å². The summed E-state index contributed by atoms with van der Waals surface area (Å²) in [5.74, 6) is 0.0143. The minimum absolute atomic E-state index is 0. The van der Waals surface area contributed by atoms with Gasteiger partial charge >= 0.3 is 0 Å². The van der Waals surface area contributed by atoms with E-state index in [2.05, 4.69) is 10.6 Å². The van der Waals surface area contributed by atoms with Gasteiger partial charge in [0.1, 0.15) is 5.56 Å². The molecule has 0 aliphatic carbocycles. The Morgan fingerprint density at radius 3 is 2.52 bits per heavy atom. The highest BCUT2D eigenvalue weighted by molar-refractivity contribution is 5.99. The quantitative estimate of drug-likeness (QED) is 0.401. The van der Waals surface area contributed by atoms with Crippen molar-refractivity contribution in [2.24, 2.45) is 0 Å². The van der Waals surface area contributed by atoms with Crippen LogP contribution >= 0.6 is 12.4 Å². The third-order valence-electron chi connectivity index (χ3n) is 2.91. The van der Waals surface area contributed by atoms with Crippen LogP contribution in [0.3, 0.4) is 0 Å². The third-order valence-corrected chi connectivity index (χ3v) is 2.91. The molecule has 1 aromatic rings. The average molecular weight is 348 g/mol. The minimum Gasteiger partial charge on any atom is -0.493 e. The van der Waals surface area contributed by atoms with Crippen molar-refractivity contribution >= 4 is 24.0 Å². The number of benzene rings is 1. The van der Waals surface area contributed by atoms with Crippen LogP contribution in [0.15, 0.2) is 12.1 Å². The minimum atomic E-state index is -0.607. The maximum atomic E-state index is 12.1. The van der Waals surface area contributed by atoms with Gasteiger partial charge in [0.15, 0.2) is 11.5 Å². The number of hydrogen-bond donors (Lipinski definition) is 2. The topological polar surface area (TPSA) is 103 Å². The van der Waals surface area contributed by atoms with Gasteiger partial charge in [-0.2, -0.15) is 0 Å². The largest absolute Gasteiger partial charge is 0.493 e. The van der Waals surface area contributed by atoms with Crippen LogP contribution in [0.25, 0.3) is 0 Å². The van der Waals surface area contributed by atoms with Crippen molar-refractivity contribution in [1.29, 1.82) is 0 Å². The van der Waals surface area contributed by atoms with Crippen molar-refractivity contribution < 1.29 is 19.2 Å². The summed E-state index contributed by atoms with van der Waals surface area (Å²) < 4.78 is 10.4. The van der Waals surface area contributed by atoms with Gasteiger partial charge in [0.05, 0.1) is 24.7 Å². The van der Waals surface area contributed by atoms with Crippen LogP contribution in [-0.2, 0) is 0 Å². The van der Waals surface area contributed by atoms with Crippen LogP contribution in [0.1, 0.15) is 23.7 Å². The molecule has 8 nitrogen and oxygen atoms in total. The summed E-state index contributed by atoms with van der Waals surface area (Å²) in [7, 11) is 3.22. The molecule has 130 valence electrons. The fourth-order valence-corrected chi connectivity index (χ4v) is 1.87. The number of rotatable bonds is 9. The van der Waals surface area contributed by atoms with E-state index in [1.165, 1.54) is 19.2 Å². The van der Waals surface area contributed by atoms with E-state index >= 15 is 0 Å². The number of carbonyl (C=O) groups excluding carboxylic acids is 1. The number of carbonyl (C=O) groups is 1. The molecule has 2 N–H and O–H groups in total. The lowest BCUT2D eigenvalue weighted by Crippen LogP contribution is -2.27. The standard InChI is InChI=1S/C14H21N3O5.ClH/c1-4-22-13-9-11(17(19)20)10(8-12(13)21-3)14(18)16-7-5-6-15-2;/h8-9,15H,4-7H2,1-3H3,(H,16,18);1H. The maximum Gasteiger partial charge on any atom is 0.286 e. The first kappa shape index (κ1) is 20.9. The Labute approximate surface area is 141 Å². The Kier molecular flexibility index (Phi) is 9.68. The number of ether oxygens (including phenoxy) is 2. The number of nitrogens with one attached hydrogen (secondary N) is 2. The van der Waals surface area contributed by atoms with Crippen LogP contribution in [0.2, 0.25) is 0 Å². The molecule has 0 saturated carbocycles. The number of nitrogens with zero attached hydrogens (tertiary/aromatic N) is 1. The Balaban J connectivity index is 0.00000484. The predicted octanol–water partition coefficient (Wildman–Crippen LogP) is 1.76. The fourth-order valence-electron chi connectivity index (χ4n) is 1.87. The van der Waals surface area contributed by atoms with Crippen molar-refractivity contribution in [3.05, 3.63) is 27.8 Å². The summed E-state index contributed by atoms with van der Waals surface area (Å²) in [6, 6.07) is 2.54. The molecule has 1 amide bonds. The lowest BCUT2D eigenvalue weighted by Gasteiger charge is -2.12. The molecular weight excluding hydrogens is 326 g/mol. The Morgan fingerprint density at radius 1 is 1.30 bits per heavy atom. The molecule has 0 atom stereocenters. The molecule has 0 aliphatic rings. The van der Waals surface area contributed by atoms with Gasteiger partial charge in [0, 0.05) is 12.6 Å². The van der Waals surface area contributed by atoms with Crippen molar-refractivity contribution in [3.8, 4) is 11.5 Å². The smallest absolute Gasteiger partial charge is 0.286 e. The van der Waals surface area contributed by atoms with Crippen LogP contribution in [-0.4, -0.2) is 44.7 Å². The van der Waals surface area contributed by atoms with Gasteiger partial charge < -0.3 is 20.1 Å². The highest BCUT2D eigenvalue weighted by atomic mass is 35.5. The molecule has 0 aromatic heterocycles. The molecular formula is C14H22ClN3O5. The summed E-state index contributed by atoms with van der Waals surface area (Å²) in [6.45, 7) is 3.26. The molecule has 0 radical (unpaired) electrons. The molecule has 0 saturated heterocycles. The Bertz CT molecular complexity index is 539. The number of nitro benzene ring substituents is 1. The van der Waals surface area contributed by atoms with Crippen LogP contribution in [0.5, 0.6) is 11.5 Å². The van der Waals surface area contributed by atoms with Gasteiger partial charge in [-0.15, -0.1) is 12.4 Å². The van der Waals surface area contributed by atoms with Crippen molar-refractivity contribution in [2.45, 2.75) is 13.3 Å². The zero-order valence-electron chi connectivity index (χ0n) is 13.4. The lowest BCUT2D eigenvalue weighted by atomic mass is 10.1. The van der Waals surface area contributed by atoms with E-state index < -0.39 is 10.8 Å². The number of hydrogen-bond acceptors (Lipinski definition) is 6. The van der Waals surface area contributed by atoms with Gasteiger partial charge in [-0.25, -0.2) is 0 Å². The third kappa shape index (κ3) is 5.91. The molecule has 0 heterocycles. The molecule has 0 fully saturated rings. The molecule has 0 unspecified atom stereocenters. The summed E-state index contributed by atoms with van der Waals surface area (Å²) >= 11 is 0. The average Bonchev–Trinajstić information content (AvgIpc) is 2.51. The molecule has 0 spiro atoms. The van der Waals surface area contributed by atoms with E-state index in [4.69, 9.17) is 9.47 Å². The fraction of sp³-hybridized carbons (Fsp3) is 0.500. The normalized spacial score (nSPS) is 9.70. The Hall–Kier alpha value is -2.06. The zero-order valence-corrected chi connectivity index (χ0v) is 14.2. The van der Waals surface area contributed by atoms with E-state index in [0.29, 0.717) is 13.2 Å².